The molecule has 1 amide bonds. The number of aryl methyl sites for hydroxylation is 1. The van der Waals surface area contributed by atoms with Crippen molar-refractivity contribution in [3.63, 3.8) is 0 Å². The summed E-state index contributed by atoms with van der Waals surface area (Å²) in [5.41, 5.74) is 0.163. The van der Waals surface area contributed by atoms with Crippen molar-refractivity contribution in [2.75, 3.05) is 6.54 Å². The van der Waals surface area contributed by atoms with E-state index < -0.39 is 29.8 Å². The van der Waals surface area contributed by atoms with Crippen LogP contribution in [0.4, 0.5) is 4.79 Å². The maximum atomic E-state index is 12.3. The van der Waals surface area contributed by atoms with Crippen LogP contribution in [0.2, 0.25) is 5.02 Å². The first-order valence-electron chi connectivity index (χ1n) is 7.72. The molecule has 1 aromatic carbocycles. The first-order chi connectivity index (χ1) is 11.1. The number of rotatable bonds is 3. The summed E-state index contributed by atoms with van der Waals surface area (Å²) in [6, 6.07) is 4.26. The second-order valence-electron chi connectivity index (χ2n) is 6.87. The summed E-state index contributed by atoms with van der Waals surface area (Å²) in [5.74, 6) is -0.445. The van der Waals surface area contributed by atoms with E-state index in [4.69, 9.17) is 21.1 Å². The normalized spacial score (nSPS) is 20.8. The number of benzene rings is 1. The average Bonchev–Trinajstić information content (AvgIpc) is 2.84. The third-order valence-electron chi connectivity index (χ3n) is 3.61. The molecule has 0 aromatic heterocycles. The van der Waals surface area contributed by atoms with Gasteiger partial charge in [-0.1, -0.05) is 11.6 Å². The molecule has 0 aliphatic carbocycles. The lowest BCUT2D eigenvalue weighted by molar-refractivity contribution is -0.142. The van der Waals surface area contributed by atoms with E-state index in [0.717, 1.165) is 5.56 Å². The molecule has 0 bridgehead atoms. The van der Waals surface area contributed by atoms with Crippen molar-refractivity contribution in [2.45, 2.75) is 51.9 Å². The molecule has 132 valence electrons. The molecule has 1 saturated heterocycles. The van der Waals surface area contributed by atoms with Crippen molar-refractivity contribution < 1.29 is 24.2 Å². The minimum Gasteiger partial charge on any atom is -0.488 e. The average molecular weight is 356 g/mol. The van der Waals surface area contributed by atoms with Crippen LogP contribution in [0.5, 0.6) is 5.75 Å². The highest BCUT2D eigenvalue weighted by molar-refractivity contribution is 6.30. The SMILES string of the molecule is Cc1cc(Cl)ccc1O[C@H]1C[C@@H](C(=O)O)N(C(=O)OC(C)(C)C)C1. The third-order valence-corrected chi connectivity index (χ3v) is 3.84. The summed E-state index contributed by atoms with van der Waals surface area (Å²) in [6.07, 6.45) is -0.858. The first-order valence-corrected chi connectivity index (χ1v) is 8.10. The number of hydrogen-bond acceptors (Lipinski definition) is 4. The number of amides is 1. The van der Waals surface area contributed by atoms with Crippen molar-refractivity contribution in [1.29, 1.82) is 0 Å². The number of nitrogens with zero attached hydrogens (tertiary/aromatic N) is 1. The number of hydrogen-bond donors (Lipinski definition) is 1. The molecule has 0 unspecified atom stereocenters. The van der Waals surface area contributed by atoms with Gasteiger partial charge in [0, 0.05) is 11.4 Å². The number of ether oxygens (including phenoxy) is 2. The zero-order valence-electron chi connectivity index (χ0n) is 14.2. The zero-order chi connectivity index (χ0) is 18.1. The van der Waals surface area contributed by atoms with E-state index >= 15 is 0 Å². The Labute approximate surface area is 146 Å². The molecule has 2 rings (SSSR count). The molecule has 1 aliphatic heterocycles. The summed E-state index contributed by atoms with van der Waals surface area (Å²) in [6.45, 7) is 7.23. The van der Waals surface area contributed by atoms with Gasteiger partial charge in [0.1, 0.15) is 23.5 Å². The Bertz CT molecular complexity index is 640. The summed E-state index contributed by atoms with van der Waals surface area (Å²) in [7, 11) is 0. The Kier molecular flexibility index (Phi) is 5.28. The fourth-order valence-corrected chi connectivity index (χ4v) is 2.79. The highest BCUT2D eigenvalue weighted by atomic mass is 35.5. The molecular weight excluding hydrogens is 334 g/mol. The smallest absolute Gasteiger partial charge is 0.411 e. The molecule has 0 spiro atoms. The number of carbonyl (C=O) groups excluding carboxylic acids is 1. The summed E-state index contributed by atoms with van der Waals surface area (Å²) < 4.78 is 11.2. The van der Waals surface area contributed by atoms with Gasteiger partial charge in [0.2, 0.25) is 0 Å². The van der Waals surface area contributed by atoms with E-state index in [2.05, 4.69) is 0 Å². The van der Waals surface area contributed by atoms with Gasteiger partial charge in [-0.05, 0) is 51.5 Å². The van der Waals surface area contributed by atoms with Gasteiger partial charge in [-0.2, -0.15) is 0 Å². The van der Waals surface area contributed by atoms with Crippen LogP contribution in [0, 0.1) is 6.92 Å². The molecular formula is C17H22ClNO5. The first kappa shape index (κ1) is 18.4. The van der Waals surface area contributed by atoms with Gasteiger partial charge in [0.05, 0.1) is 6.54 Å². The standard InChI is InChI=1S/C17H22ClNO5/c1-10-7-11(18)5-6-14(10)23-12-8-13(15(20)21)19(9-12)16(22)24-17(2,3)4/h5-7,12-13H,8-9H2,1-4H3,(H,20,21)/t12-,13-/m0/s1. The Morgan fingerprint density at radius 3 is 2.54 bits per heavy atom. The highest BCUT2D eigenvalue weighted by Gasteiger charge is 2.42. The second-order valence-corrected chi connectivity index (χ2v) is 7.31. The lowest BCUT2D eigenvalue weighted by Crippen LogP contribution is -2.43. The highest BCUT2D eigenvalue weighted by Crippen LogP contribution is 2.28. The molecule has 1 fully saturated rings. The van der Waals surface area contributed by atoms with Crippen LogP contribution in [0.3, 0.4) is 0 Å². The molecule has 1 N–H and O–H groups in total. The summed E-state index contributed by atoms with van der Waals surface area (Å²) in [4.78, 5) is 24.9. The van der Waals surface area contributed by atoms with Crippen molar-refractivity contribution in [3.05, 3.63) is 28.8 Å². The van der Waals surface area contributed by atoms with E-state index in [-0.39, 0.29) is 13.0 Å². The van der Waals surface area contributed by atoms with E-state index in [9.17, 15) is 14.7 Å². The predicted octanol–water partition coefficient (Wildman–Crippen LogP) is 3.49. The molecule has 6 nitrogen and oxygen atoms in total. The Morgan fingerprint density at radius 1 is 1.33 bits per heavy atom. The van der Waals surface area contributed by atoms with Crippen molar-refractivity contribution in [3.8, 4) is 5.75 Å². The van der Waals surface area contributed by atoms with E-state index in [1.54, 1.807) is 39.0 Å². The fourth-order valence-electron chi connectivity index (χ4n) is 2.56. The maximum absolute atomic E-state index is 12.3. The lowest BCUT2D eigenvalue weighted by Gasteiger charge is -2.26. The Morgan fingerprint density at radius 2 is 2.00 bits per heavy atom. The maximum Gasteiger partial charge on any atom is 0.411 e. The van der Waals surface area contributed by atoms with Crippen molar-refractivity contribution >= 4 is 23.7 Å². The molecule has 1 aromatic rings. The second kappa shape index (κ2) is 6.89. The molecule has 0 saturated carbocycles. The fraction of sp³-hybridized carbons (Fsp3) is 0.529. The van der Waals surface area contributed by atoms with Crippen molar-refractivity contribution in [1.82, 2.24) is 4.90 Å². The zero-order valence-corrected chi connectivity index (χ0v) is 15.0. The minimum atomic E-state index is -1.07. The molecule has 0 radical (unpaired) electrons. The summed E-state index contributed by atoms with van der Waals surface area (Å²) in [5, 5.41) is 9.99. The Balaban J connectivity index is 2.11. The number of halogens is 1. The topological polar surface area (TPSA) is 76.1 Å². The molecule has 2 atom stereocenters. The van der Waals surface area contributed by atoms with Gasteiger partial charge in [0.15, 0.2) is 0 Å². The molecule has 24 heavy (non-hydrogen) atoms. The van der Waals surface area contributed by atoms with Gasteiger partial charge in [-0.3, -0.25) is 4.90 Å². The Hall–Kier alpha value is -1.95. The molecule has 1 aliphatic rings. The predicted molar refractivity (Wildman–Crippen MR) is 89.6 cm³/mol. The van der Waals surface area contributed by atoms with Gasteiger partial charge in [0.25, 0.3) is 0 Å². The van der Waals surface area contributed by atoms with Crippen LogP contribution in [0.1, 0.15) is 32.8 Å². The molecule has 1 heterocycles. The number of carboxylic acids is 1. The van der Waals surface area contributed by atoms with Crippen LogP contribution in [-0.2, 0) is 9.53 Å². The monoisotopic (exact) mass is 355 g/mol. The van der Waals surface area contributed by atoms with Crippen LogP contribution in [0.15, 0.2) is 18.2 Å². The van der Waals surface area contributed by atoms with Gasteiger partial charge in [-0.25, -0.2) is 9.59 Å². The number of aliphatic carboxylic acids is 1. The van der Waals surface area contributed by atoms with Crippen LogP contribution in [-0.4, -0.2) is 46.4 Å². The van der Waals surface area contributed by atoms with E-state index in [1.165, 1.54) is 4.90 Å². The van der Waals surface area contributed by atoms with Crippen LogP contribution < -0.4 is 4.74 Å². The molecule has 7 heteroatoms. The number of carboxylic acid groups (broad SMARTS) is 1. The van der Waals surface area contributed by atoms with Gasteiger partial charge < -0.3 is 14.6 Å². The van der Waals surface area contributed by atoms with Crippen LogP contribution >= 0.6 is 11.6 Å². The largest absolute Gasteiger partial charge is 0.488 e. The van der Waals surface area contributed by atoms with Crippen molar-refractivity contribution in [2.24, 2.45) is 0 Å². The number of carbonyl (C=O) groups is 2. The van der Waals surface area contributed by atoms with E-state index in [1.807, 2.05) is 6.92 Å². The number of likely N-dealkylation sites (tertiary alicyclic amines) is 1. The van der Waals surface area contributed by atoms with E-state index in [0.29, 0.717) is 10.8 Å². The van der Waals surface area contributed by atoms with Gasteiger partial charge >= 0.3 is 12.1 Å². The third kappa shape index (κ3) is 4.54. The summed E-state index contributed by atoms with van der Waals surface area (Å²) >= 11 is 5.92. The lowest BCUT2D eigenvalue weighted by atomic mass is 10.2. The quantitative estimate of drug-likeness (QED) is 0.898. The van der Waals surface area contributed by atoms with Gasteiger partial charge in [-0.15, -0.1) is 0 Å². The van der Waals surface area contributed by atoms with Crippen LogP contribution in [0.25, 0.3) is 0 Å². The minimum absolute atomic E-state index is 0.161.